The summed E-state index contributed by atoms with van der Waals surface area (Å²) in [5.74, 6) is -0.0997. The minimum Gasteiger partial charge on any atom is -0.468 e. The van der Waals surface area contributed by atoms with Crippen LogP contribution < -0.4 is 0 Å². The van der Waals surface area contributed by atoms with E-state index in [1.807, 2.05) is 0 Å². The molecule has 15 heavy (non-hydrogen) atoms. The third kappa shape index (κ3) is 2.51. The highest BCUT2D eigenvalue weighted by molar-refractivity contribution is 5.71. The summed E-state index contributed by atoms with van der Waals surface area (Å²) >= 11 is 0. The molecule has 2 aliphatic rings. The van der Waals surface area contributed by atoms with Gasteiger partial charge >= 0.3 is 5.97 Å². The normalized spacial score (nSPS) is 25.7. The van der Waals surface area contributed by atoms with Crippen molar-refractivity contribution in [2.45, 2.75) is 38.5 Å². The summed E-state index contributed by atoms with van der Waals surface area (Å²) in [7, 11) is 1.46. The Morgan fingerprint density at radius 1 is 1.20 bits per heavy atom. The Hall–Kier alpha value is -0.570. The monoisotopic (exact) mass is 211 g/mol. The van der Waals surface area contributed by atoms with Crippen LogP contribution in [0.15, 0.2) is 0 Å². The lowest BCUT2D eigenvalue weighted by Crippen LogP contribution is -2.41. The van der Waals surface area contributed by atoms with Gasteiger partial charge in [-0.1, -0.05) is 12.8 Å². The van der Waals surface area contributed by atoms with Crippen LogP contribution in [0.4, 0.5) is 0 Å². The van der Waals surface area contributed by atoms with Crippen LogP contribution in [0, 0.1) is 5.41 Å². The average Bonchev–Trinajstić information content (AvgIpc) is 2.70. The number of piperidine rings is 1. The molecule has 0 aromatic heterocycles. The van der Waals surface area contributed by atoms with Crippen LogP contribution in [0.3, 0.4) is 0 Å². The zero-order valence-electron chi connectivity index (χ0n) is 9.63. The van der Waals surface area contributed by atoms with Gasteiger partial charge in [0, 0.05) is 0 Å². The fourth-order valence-electron chi connectivity index (χ4n) is 3.06. The van der Waals surface area contributed by atoms with Gasteiger partial charge in [-0.15, -0.1) is 0 Å². The maximum absolute atomic E-state index is 11.1. The highest BCUT2D eigenvalue weighted by Crippen LogP contribution is 2.45. The lowest BCUT2D eigenvalue weighted by atomic mass is 9.77. The number of ether oxygens (including phenoxy) is 1. The summed E-state index contributed by atoms with van der Waals surface area (Å²) in [5.41, 5.74) is 0.645. The second-order valence-electron chi connectivity index (χ2n) is 5.06. The van der Waals surface area contributed by atoms with E-state index in [1.54, 1.807) is 0 Å². The number of likely N-dealkylation sites (tertiary alicyclic amines) is 1. The summed E-state index contributed by atoms with van der Waals surface area (Å²) in [6.45, 7) is 2.64. The van der Waals surface area contributed by atoms with E-state index in [1.165, 1.54) is 45.6 Å². The Balaban J connectivity index is 1.79. The summed E-state index contributed by atoms with van der Waals surface area (Å²) in [4.78, 5) is 13.4. The first-order chi connectivity index (χ1) is 7.24. The van der Waals surface area contributed by atoms with Gasteiger partial charge in [-0.3, -0.25) is 9.69 Å². The Kier molecular flexibility index (Phi) is 3.29. The molecule has 2 fully saturated rings. The molecule has 0 amide bonds. The number of methoxy groups -OCH3 is 1. The van der Waals surface area contributed by atoms with Crippen LogP contribution in [0.1, 0.15) is 38.5 Å². The van der Waals surface area contributed by atoms with Crippen molar-refractivity contribution in [1.29, 1.82) is 0 Å². The van der Waals surface area contributed by atoms with Gasteiger partial charge in [-0.05, 0) is 44.2 Å². The summed E-state index contributed by atoms with van der Waals surface area (Å²) in [6, 6.07) is 0. The third-order valence-electron chi connectivity index (χ3n) is 4.16. The molecule has 0 bridgehead atoms. The Morgan fingerprint density at radius 3 is 2.33 bits per heavy atom. The first-order valence-electron chi connectivity index (χ1n) is 6.03. The maximum atomic E-state index is 11.1. The molecule has 2 rings (SSSR count). The van der Waals surface area contributed by atoms with Crippen molar-refractivity contribution >= 4 is 5.97 Å². The van der Waals surface area contributed by atoms with Crippen molar-refractivity contribution in [3.63, 3.8) is 0 Å². The fourth-order valence-corrected chi connectivity index (χ4v) is 3.06. The van der Waals surface area contributed by atoms with Crippen LogP contribution in [0.25, 0.3) is 0 Å². The molecule has 0 aromatic rings. The van der Waals surface area contributed by atoms with Crippen molar-refractivity contribution < 1.29 is 9.53 Å². The fraction of sp³-hybridized carbons (Fsp3) is 0.917. The molecule has 1 aliphatic heterocycles. The summed E-state index contributed by atoms with van der Waals surface area (Å²) in [6.07, 6.45) is 8.22. The molecule has 0 unspecified atom stereocenters. The average molecular weight is 211 g/mol. The molecule has 1 spiro atoms. The molecule has 0 N–H and O–H groups in total. The van der Waals surface area contributed by atoms with Gasteiger partial charge in [0.2, 0.25) is 0 Å². The summed E-state index contributed by atoms with van der Waals surface area (Å²) < 4.78 is 4.69. The molecular formula is C12H21NO2. The first-order valence-corrected chi connectivity index (χ1v) is 6.03. The van der Waals surface area contributed by atoms with Gasteiger partial charge in [0.1, 0.15) is 0 Å². The second-order valence-corrected chi connectivity index (χ2v) is 5.06. The van der Waals surface area contributed by atoms with E-state index in [0.717, 1.165) is 13.1 Å². The molecule has 0 radical (unpaired) electrons. The van der Waals surface area contributed by atoms with Crippen LogP contribution in [0.5, 0.6) is 0 Å². The third-order valence-corrected chi connectivity index (χ3v) is 4.16. The van der Waals surface area contributed by atoms with E-state index in [-0.39, 0.29) is 5.97 Å². The van der Waals surface area contributed by atoms with Crippen LogP contribution >= 0.6 is 0 Å². The van der Waals surface area contributed by atoms with Crippen LogP contribution in [-0.4, -0.2) is 37.6 Å². The number of hydrogen-bond donors (Lipinski definition) is 0. The molecular weight excluding hydrogens is 190 g/mol. The summed E-state index contributed by atoms with van der Waals surface area (Å²) in [5, 5.41) is 0. The van der Waals surface area contributed by atoms with Crippen molar-refractivity contribution in [2.24, 2.45) is 5.41 Å². The van der Waals surface area contributed by atoms with Crippen LogP contribution in [0.2, 0.25) is 0 Å². The standard InChI is InChI=1S/C12H21NO2/c1-15-11(14)10-13-8-6-12(7-9-13)4-2-3-5-12/h2-10H2,1H3. The molecule has 3 nitrogen and oxygen atoms in total. The number of hydrogen-bond acceptors (Lipinski definition) is 3. The topological polar surface area (TPSA) is 29.5 Å². The number of rotatable bonds is 2. The van der Waals surface area contributed by atoms with Gasteiger partial charge in [-0.2, -0.15) is 0 Å². The van der Waals surface area contributed by atoms with Crippen molar-refractivity contribution in [2.75, 3.05) is 26.7 Å². The smallest absolute Gasteiger partial charge is 0.319 e. The van der Waals surface area contributed by atoms with Gasteiger partial charge in [-0.25, -0.2) is 0 Å². The first kappa shape index (κ1) is 10.9. The Labute approximate surface area is 91.8 Å². The minimum absolute atomic E-state index is 0.0997. The largest absolute Gasteiger partial charge is 0.468 e. The molecule has 0 atom stereocenters. The molecule has 1 aliphatic carbocycles. The lowest BCUT2D eigenvalue weighted by molar-refractivity contribution is -0.142. The lowest BCUT2D eigenvalue weighted by Gasteiger charge is -2.38. The van der Waals surface area contributed by atoms with Crippen molar-refractivity contribution in [3.8, 4) is 0 Å². The number of carbonyl (C=O) groups excluding carboxylic acids is 1. The van der Waals surface area contributed by atoms with E-state index in [2.05, 4.69) is 9.64 Å². The minimum atomic E-state index is -0.0997. The number of nitrogens with zero attached hydrogens (tertiary/aromatic N) is 1. The van der Waals surface area contributed by atoms with Gasteiger partial charge in [0.05, 0.1) is 13.7 Å². The molecule has 86 valence electrons. The van der Waals surface area contributed by atoms with Gasteiger partial charge < -0.3 is 4.74 Å². The molecule has 1 saturated carbocycles. The second kappa shape index (κ2) is 4.52. The van der Waals surface area contributed by atoms with Crippen LogP contribution in [-0.2, 0) is 9.53 Å². The Morgan fingerprint density at radius 2 is 1.80 bits per heavy atom. The predicted octanol–water partition coefficient (Wildman–Crippen LogP) is 1.82. The van der Waals surface area contributed by atoms with Gasteiger partial charge in [0.25, 0.3) is 0 Å². The van der Waals surface area contributed by atoms with E-state index < -0.39 is 0 Å². The van der Waals surface area contributed by atoms with E-state index in [0.29, 0.717) is 12.0 Å². The van der Waals surface area contributed by atoms with E-state index in [9.17, 15) is 4.79 Å². The van der Waals surface area contributed by atoms with Gasteiger partial charge in [0.15, 0.2) is 0 Å². The maximum Gasteiger partial charge on any atom is 0.319 e. The zero-order chi connectivity index (χ0) is 10.7. The molecule has 1 saturated heterocycles. The predicted molar refractivity (Wildman–Crippen MR) is 58.6 cm³/mol. The van der Waals surface area contributed by atoms with E-state index in [4.69, 9.17) is 0 Å². The number of esters is 1. The Bertz CT molecular complexity index is 224. The van der Waals surface area contributed by atoms with E-state index >= 15 is 0 Å². The highest BCUT2D eigenvalue weighted by atomic mass is 16.5. The highest BCUT2D eigenvalue weighted by Gasteiger charge is 2.37. The van der Waals surface area contributed by atoms with Crippen molar-refractivity contribution in [1.82, 2.24) is 4.90 Å². The molecule has 3 heteroatoms. The van der Waals surface area contributed by atoms with Crippen molar-refractivity contribution in [3.05, 3.63) is 0 Å². The quantitative estimate of drug-likeness (QED) is 0.652. The molecule has 0 aromatic carbocycles. The zero-order valence-corrected chi connectivity index (χ0v) is 9.63. The molecule has 1 heterocycles. The SMILES string of the molecule is COC(=O)CN1CCC2(CCCC2)CC1. The number of carbonyl (C=O) groups is 1.